The van der Waals surface area contributed by atoms with Crippen molar-refractivity contribution in [3.05, 3.63) is 28.8 Å². The monoisotopic (exact) mass is 263 g/mol. The maximum Gasteiger partial charge on any atom is 0.0580 e. The number of nitrogens with one attached hydrogen (secondary N) is 1. The standard InChI is InChI=1S/C15H21NOS/c1-3-7-16-15-10(2)18(17)14-9-12-6-4-5-11(12)8-13(14)15/h8-10,15-16H,3-7H2,1-2H3. The summed E-state index contributed by atoms with van der Waals surface area (Å²) in [5.74, 6) is 0. The smallest absolute Gasteiger partial charge is 0.0580 e. The molecule has 3 heteroatoms. The minimum absolute atomic E-state index is 0.203. The third-order valence-corrected chi connectivity index (χ3v) is 5.93. The molecule has 2 aliphatic rings. The molecule has 3 unspecified atom stereocenters. The third kappa shape index (κ3) is 1.84. The van der Waals surface area contributed by atoms with E-state index in [0.717, 1.165) is 17.9 Å². The predicted octanol–water partition coefficient (Wildman–Crippen LogP) is 2.73. The van der Waals surface area contributed by atoms with Gasteiger partial charge in [-0.25, -0.2) is 0 Å². The fourth-order valence-corrected chi connectivity index (χ4v) is 4.76. The largest absolute Gasteiger partial charge is 0.309 e. The number of fused-ring (bicyclic) bond motifs is 2. The highest BCUT2D eigenvalue weighted by Crippen LogP contribution is 2.39. The Balaban J connectivity index is 2.00. The Labute approximate surface area is 112 Å². The molecular weight excluding hydrogens is 242 g/mol. The van der Waals surface area contributed by atoms with Gasteiger partial charge in [-0.1, -0.05) is 13.0 Å². The van der Waals surface area contributed by atoms with Gasteiger partial charge in [0.15, 0.2) is 0 Å². The molecule has 1 aliphatic carbocycles. The first-order valence-electron chi connectivity index (χ1n) is 7.02. The second-order valence-electron chi connectivity index (χ2n) is 5.45. The highest BCUT2D eigenvalue weighted by molar-refractivity contribution is 7.86. The van der Waals surface area contributed by atoms with Crippen LogP contribution in [-0.4, -0.2) is 16.0 Å². The second kappa shape index (κ2) is 4.78. The molecule has 1 aliphatic heterocycles. The zero-order valence-corrected chi connectivity index (χ0v) is 12.0. The zero-order valence-electron chi connectivity index (χ0n) is 11.2. The summed E-state index contributed by atoms with van der Waals surface area (Å²) in [6.07, 6.45) is 4.75. The minimum atomic E-state index is -0.831. The number of hydrogen-bond donors (Lipinski definition) is 1. The summed E-state index contributed by atoms with van der Waals surface area (Å²) in [7, 11) is -0.831. The van der Waals surface area contributed by atoms with E-state index in [1.54, 1.807) is 0 Å². The summed E-state index contributed by atoms with van der Waals surface area (Å²) >= 11 is 0. The van der Waals surface area contributed by atoms with Crippen LogP contribution in [0.25, 0.3) is 0 Å². The van der Waals surface area contributed by atoms with Crippen LogP contribution in [0.5, 0.6) is 0 Å². The number of hydrogen-bond acceptors (Lipinski definition) is 2. The molecule has 0 fully saturated rings. The maximum absolute atomic E-state index is 12.4. The molecule has 0 aromatic heterocycles. The van der Waals surface area contributed by atoms with E-state index in [4.69, 9.17) is 0 Å². The molecule has 1 N–H and O–H groups in total. The van der Waals surface area contributed by atoms with Gasteiger partial charge in [0.25, 0.3) is 0 Å². The normalized spacial score (nSPS) is 29.3. The van der Waals surface area contributed by atoms with Gasteiger partial charge < -0.3 is 5.32 Å². The molecule has 3 rings (SSSR count). The second-order valence-corrected chi connectivity index (χ2v) is 7.22. The molecule has 0 radical (unpaired) electrons. The van der Waals surface area contributed by atoms with Crippen LogP contribution in [0.1, 0.15) is 49.4 Å². The molecule has 0 saturated carbocycles. The first-order chi connectivity index (χ1) is 8.72. The summed E-state index contributed by atoms with van der Waals surface area (Å²) < 4.78 is 12.4. The number of aryl methyl sites for hydroxylation is 2. The molecule has 0 spiro atoms. The molecule has 0 amide bonds. The first kappa shape index (κ1) is 12.4. The van der Waals surface area contributed by atoms with Crippen molar-refractivity contribution in [1.82, 2.24) is 5.32 Å². The van der Waals surface area contributed by atoms with Gasteiger partial charge in [0.1, 0.15) is 0 Å². The van der Waals surface area contributed by atoms with E-state index in [0.29, 0.717) is 0 Å². The molecule has 3 atom stereocenters. The van der Waals surface area contributed by atoms with E-state index < -0.39 is 10.8 Å². The third-order valence-electron chi connectivity index (χ3n) is 4.20. The highest BCUT2D eigenvalue weighted by Gasteiger charge is 2.36. The van der Waals surface area contributed by atoms with Crippen LogP contribution in [0.15, 0.2) is 17.0 Å². The van der Waals surface area contributed by atoms with Crippen molar-refractivity contribution < 1.29 is 4.21 Å². The quantitative estimate of drug-likeness (QED) is 0.908. The van der Waals surface area contributed by atoms with Crippen LogP contribution in [0.2, 0.25) is 0 Å². The maximum atomic E-state index is 12.4. The molecule has 1 aromatic rings. The lowest BCUT2D eigenvalue weighted by Gasteiger charge is -2.17. The van der Waals surface area contributed by atoms with Crippen LogP contribution in [0.3, 0.4) is 0 Å². The Morgan fingerprint density at radius 2 is 2.06 bits per heavy atom. The Hall–Kier alpha value is -0.670. The SMILES string of the molecule is CCCNC1c2cc3c(cc2S(=O)C1C)CCC3. The van der Waals surface area contributed by atoms with E-state index in [-0.39, 0.29) is 11.3 Å². The highest BCUT2D eigenvalue weighted by atomic mass is 32.2. The van der Waals surface area contributed by atoms with Crippen molar-refractivity contribution in [2.75, 3.05) is 6.54 Å². The van der Waals surface area contributed by atoms with Gasteiger partial charge in [-0.3, -0.25) is 4.21 Å². The molecule has 98 valence electrons. The van der Waals surface area contributed by atoms with Gasteiger partial charge in [-0.2, -0.15) is 0 Å². The average Bonchev–Trinajstić information content (AvgIpc) is 2.91. The molecule has 0 bridgehead atoms. The van der Waals surface area contributed by atoms with Gasteiger partial charge in [0.05, 0.1) is 16.0 Å². The topological polar surface area (TPSA) is 29.1 Å². The van der Waals surface area contributed by atoms with Crippen LogP contribution in [0, 0.1) is 0 Å². The van der Waals surface area contributed by atoms with E-state index in [9.17, 15) is 4.21 Å². The first-order valence-corrected chi connectivity index (χ1v) is 8.23. The Kier molecular flexibility index (Phi) is 3.29. The fraction of sp³-hybridized carbons (Fsp3) is 0.600. The van der Waals surface area contributed by atoms with E-state index in [2.05, 4.69) is 31.3 Å². The van der Waals surface area contributed by atoms with Gasteiger partial charge >= 0.3 is 0 Å². The molecule has 1 aromatic carbocycles. The van der Waals surface area contributed by atoms with Crippen molar-refractivity contribution >= 4 is 10.8 Å². The summed E-state index contributed by atoms with van der Waals surface area (Å²) in [6, 6.07) is 4.83. The number of rotatable bonds is 3. The van der Waals surface area contributed by atoms with Crippen LogP contribution in [-0.2, 0) is 23.6 Å². The predicted molar refractivity (Wildman–Crippen MR) is 75.4 cm³/mol. The summed E-state index contributed by atoms with van der Waals surface area (Å²) in [6.45, 7) is 5.28. The van der Waals surface area contributed by atoms with E-state index in [1.165, 1.54) is 36.0 Å². The minimum Gasteiger partial charge on any atom is -0.309 e. The van der Waals surface area contributed by atoms with Gasteiger partial charge in [0, 0.05) is 10.9 Å². The molecule has 1 heterocycles. The van der Waals surface area contributed by atoms with Crippen LogP contribution >= 0.6 is 0 Å². The Morgan fingerprint density at radius 1 is 1.33 bits per heavy atom. The van der Waals surface area contributed by atoms with Gasteiger partial charge in [0.2, 0.25) is 0 Å². The Bertz CT molecular complexity index is 498. The fourth-order valence-electron chi connectivity index (χ4n) is 3.19. The summed E-state index contributed by atoms with van der Waals surface area (Å²) in [5, 5.41) is 3.77. The summed E-state index contributed by atoms with van der Waals surface area (Å²) in [5.41, 5.74) is 4.23. The van der Waals surface area contributed by atoms with Crippen molar-refractivity contribution in [3.63, 3.8) is 0 Å². The number of benzene rings is 1. The molecular formula is C15H21NOS. The van der Waals surface area contributed by atoms with Crippen LogP contribution < -0.4 is 5.32 Å². The van der Waals surface area contributed by atoms with Crippen molar-refractivity contribution in [2.24, 2.45) is 0 Å². The van der Waals surface area contributed by atoms with E-state index in [1.807, 2.05) is 0 Å². The Morgan fingerprint density at radius 3 is 2.78 bits per heavy atom. The summed E-state index contributed by atoms with van der Waals surface area (Å²) in [4.78, 5) is 1.09. The van der Waals surface area contributed by atoms with Crippen molar-refractivity contribution in [2.45, 2.75) is 55.7 Å². The molecule has 18 heavy (non-hydrogen) atoms. The molecule has 0 saturated heterocycles. The van der Waals surface area contributed by atoms with Crippen molar-refractivity contribution in [1.29, 1.82) is 0 Å². The van der Waals surface area contributed by atoms with E-state index >= 15 is 0 Å². The lowest BCUT2D eigenvalue weighted by Crippen LogP contribution is -2.28. The van der Waals surface area contributed by atoms with Crippen LogP contribution in [0.4, 0.5) is 0 Å². The zero-order chi connectivity index (χ0) is 12.7. The lowest BCUT2D eigenvalue weighted by molar-refractivity contribution is 0.527. The van der Waals surface area contributed by atoms with Gasteiger partial charge in [-0.15, -0.1) is 0 Å². The average molecular weight is 263 g/mol. The van der Waals surface area contributed by atoms with Crippen molar-refractivity contribution in [3.8, 4) is 0 Å². The van der Waals surface area contributed by atoms with Gasteiger partial charge in [-0.05, 0) is 61.9 Å². The lowest BCUT2D eigenvalue weighted by atomic mass is 9.99. The molecule has 2 nitrogen and oxygen atoms in total.